The molecule has 0 saturated carbocycles. The van der Waals surface area contributed by atoms with E-state index in [4.69, 9.17) is 28.2 Å². The molecule has 4 aromatic rings. The van der Waals surface area contributed by atoms with E-state index < -0.39 is 5.91 Å². The summed E-state index contributed by atoms with van der Waals surface area (Å²) in [6, 6.07) is 23.4. The molecule has 0 fully saturated rings. The number of carbonyl (C=O) groups is 2. The van der Waals surface area contributed by atoms with Gasteiger partial charge in [-0.2, -0.15) is 0 Å². The zero-order valence-electron chi connectivity index (χ0n) is 21.5. The van der Waals surface area contributed by atoms with Crippen molar-refractivity contribution in [2.24, 2.45) is 0 Å². The van der Waals surface area contributed by atoms with Crippen molar-refractivity contribution < 1.29 is 14.0 Å². The van der Waals surface area contributed by atoms with E-state index in [1.54, 1.807) is 42.5 Å². The summed E-state index contributed by atoms with van der Waals surface area (Å²) in [4.78, 5) is 25.4. The van der Waals surface area contributed by atoms with Gasteiger partial charge in [0.2, 0.25) is 0 Å². The predicted molar refractivity (Wildman–Crippen MR) is 157 cm³/mol. The standard InChI is InChI=1S/C30H28ClN3O3S/c1-18-8-9-20(16-24(18)31)25-14-15-26(37-25)28(36)34-29(38)33-23-7-5-6-22(17-23)32-27(35)19-10-12-21(13-11-19)30(2,3)4/h5-17H,1-4H3,(H,32,35)(H2,33,34,36,38). The van der Waals surface area contributed by atoms with E-state index in [9.17, 15) is 9.59 Å². The summed E-state index contributed by atoms with van der Waals surface area (Å²) in [5.74, 6) is -0.0798. The molecule has 0 spiro atoms. The van der Waals surface area contributed by atoms with Crippen molar-refractivity contribution in [2.75, 3.05) is 10.6 Å². The summed E-state index contributed by atoms with van der Waals surface area (Å²) in [5.41, 5.74) is 4.63. The Morgan fingerprint density at radius 1 is 0.842 bits per heavy atom. The lowest BCUT2D eigenvalue weighted by atomic mass is 9.87. The highest BCUT2D eigenvalue weighted by molar-refractivity contribution is 7.80. The molecule has 2 amide bonds. The zero-order chi connectivity index (χ0) is 27.4. The quantitative estimate of drug-likeness (QED) is 0.225. The molecule has 0 aliphatic carbocycles. The lowest BCUT2D eigenvalue weighted by molar-refractivity contribution is 0.0950. The summed E-state index contributed by atoms with van der Waals surface area (Å²) in [6.45, 7) is 8.29. The number of furan rings is 1. The van der Waals surface area contributed by atoms with Crippen LogP contribution in [0.5, 0.6) is 0 Å². The first-order chi connectivity index (χ1) is 18.0. The molecule has 3 N–H and O–H groups in total. The van der Waals surface area contributed by atoms with Crippen LogP contribution in [-0.2, 0) is 5.41 Å². The van der Waals surface area contributed by atoms with Gasteiger partial charge in [-0.15, -0.1) is 0 Å². The molecule has 0 bridgehead atoms. The van der Waals surface area contributed by atoms with Crippen molar-refractivity contribution in [1.82, 2.24) is 5.32 Å². The fourth-order valence-electron chi connectivity index (χ4n) is 3.69. The third-order valence-electron chi connectivity index (χ3n) is 5.90. The van der Waals surface area contributed by atoms with Gasteiger partial charge in [-0.1, -0.05) is 62.7 Å². The molecule has 8 heteroatoms. The van der Waals surface area contributed by atoms with E-state index >= 15 is 0 Å². The fraction of sp³-hybridized carbons (Fsp3) is 0.167. The fourth-order valence-corrected chi connectivity index (χ4v) is 4.08. The van der Waals surface area contributed by atoms with Gasteiger partial charge < -0.3 is 15.1 Å². The number of amides is 2. The average molecular weight is 546 g/mol. The maximum atomic E-state index is 12.7. The number of anilines is 2. The summed E-state index contributed by atoms with van der Waals surface area (Å²) in [7, 11) is 0. The second-order valence-corrected chi connectivity index (χ2v) is 10.7. The number of hydrogen-bond donors (Lipinski definition) is 3. The Hall–Kier alpha value is -3.94. The summed E-state index contributed by atoms with van der Waals surface area (Å²) in [5, 5.41) is 9.17. The molecule has 1 heterocycles. The normalized spacial score (nSPS) is 11.1. The maximum absolute atomic E-state index is 12.7. The smallest absolute Gasteiger partial charge is 0.293 e. The molecular formula is C30H28ClN3O3S. The average Bonchev–Trinajstić information content (AvgIpc) is 3.36. The zero-order valence-corrected chi connectivity index (χ0v) is 23.1. The van der Waals surface area contributed by atoms with E-state index in [1.165, 1.54) is 0 Å². The number of halogens is 1. The highest BCUT2D eigenvalue weighted by atomic mass is 35.5. The van der Waals surface area contributed by atoms with Gasteiger partial charge in [0.25, 0.3) is 11.8 Å². The monoisotopic (exact) mass is 545 g/mol. The maximum Gasteiger partial charge on any atom is 0.293 e. The molecule has 0 radical (unpaired) electrons. The van der Waals surface area contributed by atoms with Gasteiger partial charge in [0.15, 0.2) is 10.9 Å². The first-order valence-corrected chi connectivity index (χ1v) is 12.8. The third kappa shape index (κ3) is 6.68. The molecular weight excluding hydrogens is 518 g/mol. The van der Waals surface area contributed by atoms with Crippen molar-refractivity contribution in [1.29, 1.82) is 0 Å². The van der Waals surface area contributed by atoms with Crippen molar-refractivity contribution in [3.8, 4) is 11.3 Å². The van der Waals surface area contributed by atoms with E-state index in [2.05, 4.69) is 36.7 Å². The van der Waals surface area contributed by atoms with Crippen LogP contribution in [0, 0.1) is 6.92 Å². The lowest BCUT2D eigenvalue weighted by Crippen LogP contribution is -2.33. The van der Waals surface area contributed by atoms with Crippen molar-refractivity contribution >= 4 is 52.1 Å². The lowest BCUT2D eigenvalue weighted by Gasteiger charge is -2.19. The van der Waals surface area contributed by atoms with Gasteiger partial charge in [0.05, 0.1) is 0 Å². The van der Waals surface area contributed by atoms with Gasteiger partial charge in [-0.05, 0) is 84.2 Å². The van der Waals surface area contributed by atoms with Crippen LogP contribution in [0.2, 0.25) is 5.02 Å². The number of carbonyl (C=O) groups excluding carboxylic acids is 2. The number of rotatable bonds is 5. The summed E-state index contributed by atoms with van der Waals surface area (Å²) in [6.07, 6.45) is 0. The summed E-state index contributed by atoms with van der Waals surface area (Å²) < 4.78 is 5.70. The van der Waals surface area contributed by atoms with E-state index in [-0.39, 0.29) is 22.2 Å². The Labute approximate surface area is 232 Å². The molecule has 6 nitrogen and oxygen atoms in total. The predicted octanol–water partition coefficient (Wildman–Crippen LogP) is 7.59. The van der Waals surface area contributed by atoms with Crippen molar-refractivity contribution in [3.63, 3.8) is 0 Å². The largest absolute Gasteiger partial charge is 0.451 e. The van der Waals surface area contributed by atoms with Crippen molar-refractivity contribution in [3.05, 3.63) is 106 Å². The van der Waals surface area contributed by atoms with Gasteiger partial charge in [0.1, 0.15) is 5.76 Å². The topological polar surface area (TPSA) is 83.4 Å². The third-order valence-corrected chi connectivity index (χ3v) is 6.52. The van der Waals surface area contributed by atoms with Crippen LogP contribution in [-0.4, -0.2) is 16.9 Å². The molecule has 3 aromatic carbocycles. The number of benzene rings is 3. The van der Waals surface area contributed by atoms with Crippen LogP contribution in [0.3, 0.4) is 0 Å². The molecule has 0 saturated heterocycles. The Morgan fingerprint density at radius 2 is 1.53 bits per heavy atom. The summed E-state index contributed by atoms with van der Waals surface area (Å²) >= 11 is 11.5. The van der Waals surface area contributed by atoms with Gasteiger partial charge in [0, 0.05) is 27.5 Å². The molecule has 0 aliphatic heterocycles. The van der Waals surface area contributed by atoms with Crippen LogP contribution < -0.4 is 16.0 Å². The Kier molecular flexibility index (Phi) is 7.99. The molecule has 0 unspecified atom stereocenters. The second kappa shape index (κ2) is 11.2. The van der Waals surface area contributed by atoms with Crippen molar-refractivity contribution in [2.45, 2.75) is 33.1 Å². The minimum atomic E-state index is -0.491. The minimum Gasteiger partial charge on any atom is -0.451 e. The number of thiocarbonyl (C=S) groups is 1. The first kappa shape index (κ1) is 27.1. The van der Waals surface area contributed by atoms with Gasteiger partial charge >= 0.3 is 0 Å². The number of hydrogen-bond acceptors (Lipinski definition) is 4. The molecule has 194 valence electrons. The van der Waals surface area contributed by atoms with Crippen LogP contribution in [0.4, 0.5) is 11.4 Å². The molecule has 4 rings (SSSR count). The van der Waals surface area contributed by atoms with Gasteiger partial charge in [-0.25, -0.2) is 0 Å². The Bertz CT molecular complexity index is 1500. The number of nitrogens with one attached hydrogen (secondary N) is 3. The first-order valence-electron chi connectivity index (χ1n) is 12.0. The van der Waals surface area contributed by atoms with Crippen LogP contribution in [0.25, 0.3) is 11.3 Å². The molecule has 1 aromatic heterocycles. The van der Waals surface area contributed by atoms with Crippen LogP contribution >= 0.6 is 23.8 Å². The molecule has 0 aliphatic rings. The van der Waals surface area contributed by atoms with Crippen LogP contribution in [0.1, 0.15) is 52.8 Å². The number of aryl methyl sites for hydroxylation is 1. The van der Waals surface area contributed by atoms with Gasteiger partial charge in [-0.3, -0.25) is 14.9 Å². The Balaban J connectivity index is 1.36. The Morgan fingerprint density at radius 3 is 2.18 bits per heavy atom. The van der Waals surface area contributed by atoms with Crippen LogP contribution in [0.15, 0.2) is 83.3 Å². The second-order valence-electron chi connectivity index (χ2n) is 9.90. The minimum absolute atomic E-state index is 0.0114. The highest BCUT2D eigenvalue weighted by Crippen LogP contribution is 2.27. The molecule has 38 heavy (non-hydrogen) atoms. The SMILES string of the molecule is Cc1ccc(-c2ccc(C(=O)NC(=S)Nc3cccc(NC(=O)c4ccc(C(C)(C)C)cc4)c3)o2)cc1Cl. The van der Waals surface area contributed by atoms with E-state index in [1.807, 2.05) is 43.3 Å². The molecule has 0 atom stereocenters. The van der Waals surface area contributed by atoms with E-state index in [0.717, 1.165) is 16.7 Å². The van der Waals surface area contributed by atoms with E-state index in [0.29, 0.717) is 27.7 Å². The highest BCUT2D eigenvalue weighted by Gasteiger charge is 2.16.